The molecule has 0 unspecified atom stereocenters. The topological polar surface area (TPSA) is 42.9 Å². The minimum absolute atomic E-state index is 0.0699. The second-order valence-corrected chi connectivity index (χ2v) is 4.52. The molecule has 1 heterocycles. The van der Waals surface area contributed by atoms with E-state index in [4.69, 9.17) is 0 Å². The minimum Gasteiger partial charge on any atom is -0.291 e. The summed E-state index contributed by atoms with van der Waals surface area (Å²) in [4.78, 5) is 19.8. The van der Waals surface area contributed by atoms with Crippen LogP contribution in [0.1, 0.15) is 68.1 Å². The lowest BCUT2D eigenvalue weighted by molar-refractivity contribution is 0.0969. The highest BCUT2D eigenvalue weighted by molar-refractivity contribution is 5.92. The SMILES string of the molecule is CCCCCCCCC(=O)c1ncc(C)cn1. The Kier molecular flexibility index (Phi) is 6.45. The van der Waals surface area contributed by atoms with Gasteiger partial charge in [-0.25, -0.2) is 9.97 Å². The molecule has 0 aliphatic rings. The number of ketones is 1. The number of rotatable bonds is 8. The Morgan fingerprint density at radius 3 is 2.29 bits per heavy atom. The summed E-state index contributed by atoms with van der Waals surface area (Å²) in [5, 5.41) is 0. The Morgan fingerprint density at radius 2 is 1.65 bits per heavy atom. The van der Waals surface area contributed by atoms with E-state index < -0.39 is 0 Å². The molecule has 0 aliphatic carbocycles. The molecular formula is C14H22N2O. The molecule has 17 heavy (non-hydrogen) atoms. The number of Topliss-reactive ketones (excluding diaryl/α,β-unsaturated/α-hetero) is 1. The van der Waals surface area contributed by atoms with E-state index >= 15 is 0 Å². The summed E-state index contributed by atoms with van der Waals surface area (Å²) in [6, 6.07) is 0. The van der Waals surface area contributed by atoms with E-state index in [1.165, 1.54) is 25.7 Å². The van der Waals surface area contributed by atoms with Gasteiger partial charge >= 0.3 is 0 Å². The molecule has 0 aromatic carbocycles. The molecule has 0 atom stereocenters. The van der Waals surface area contributed by atoms with Gasteiger partial charge in [0.25, 0.3) is 0 Å². The van der Waals surface area contributed by atoms with Crippen LogP contribution in [0.25, 0.3) is 0 Å². The summed E-state index contributed by atoms with van der Waals surface area (Å²) >= 11 is 0. The highest BCUT2D eigenvalue weighted by Gasteiger charge is 2.07. The van der Waals surface area contributed by atoms with Crippen LogP contribution < -0.4 is 0 Å². The summed E-state index contributed by atoms with van der Waals surface area (Å²) in [6.07, 6.45) is 11.1. The maximum Gasteiger partial charge on any atom is 0.200 e. The van der Waals surface area contributed by atoms with Gasteiger partial charge in [-0.05, 0) is 18.9 Å². The molecule has 0 fully saturated rings. The lowest BCUT2D eigenvalue weighted by Crippen LogP contribution is -2.05. The van der Waals surface area contributed by atoms with E-state index in [9.17, 15) is 4.79 Å². The van der Waals surface area contributed by atoms with Crippen molar-refractivity contribution in [1.82, 2.24) is 9.97 Å². The monoisotopic (exact) mass is 234 g/mol. The first-order chi connectivity index (χ1) is 8.24. The van der Waals surface area contributed by atoms with Gasteiger partial charge in [0.15, 0.2) is 11.6 Å². The average Bonchev–Trinajstić information content (AvgIpc) is 2.34. The first kappa shape index (κ1) is 13.8. The lowest BCUT2D eigenvalue weighted by Gasteiger charge is -2.00. The van der Waals surface area contributed by atoms with Crippen LogP contribution in [0.3, 0.4) is 0 Å². The third kappa shape index (κ3) is 5.57. The van der Waals surface area contributed by atoms with Crippen LogP contribution in [-0.4, -0.2) is 15.8 Å². The quantitative estimate of drug-likeness (QED) is 0.508. The average molecular weight is 234 g/mol. The van der Waals surface area contributed by atoms with Gasteiger partial charge in [-0.3, -0.25) is 4.79 Å². The van der Waals surface area contributed by atoms with E-state index in [1.54, 1.807) is 12.4 Å². The summed E-state index contributed by atoms with van der Waals surface area (Å²) in [5.74, 6) is 0.435. The Morgan fingerprint density at radius 1 is 1.06 bits per heavy atom. The first-order valence-corrected chi connectivity index (χ1v) is 6.56. The second-order valence-electron chi connectivity index (χ2n) is 4.52. The number of hydrogen-bond donors (Lipinski definition) is 0. The molecular weight excluding hydrogens is 212 g/mol. The number of aromatic nitrogens is 2. The third-order valence-corrected chi connectivity index (χ3v) is 2.79. The molecule has 0 saturated heterocycles. The van der Waals surface area contributed by atoms with Crippen LogP contribution in [0, 0.1) is 6.92 Å². The van der Waals surface area contributed by atoms with Crippen LogP contribution in [0.15, 0.2) is 12.4 Å². The summed E-state index contributed by atoms with van der Waals surface area (Å²) in [5.41, 5.74) is 0.987. The van der Waals surface area contributed by atoms with Crippen molar-refractivity contribution in [3.63, 3.8) is 0 Å². The minimum atomic E-state index is 0.0699. The number of carbonyl (C=O) groups is 1. The van der Waals surface area contributed by atoms with Crippen molar-refractivity contribution in [2.24, 2.45) is 0 Å². The molecule has 3 nitrogen and oxygen atoms in total. The van der Waals surface area contributed by atoms with Gasteiger partial charge in [0.1, 0.15) is 0 Å². The summed E-state index contributed by atoms with van der Waals surface area (Å²) < 4.78 is 0. The molecule has 0 amide bonds. The zero-order chi connectivity index (χ0) is 12.5. The molecule has 0 radical (unpaired) electrons. The Balaban J connectivity index is 2.19. The van der Waals surface area contributed by atoms with E-state index in [0.717, 1.165) is 18.4 Å². The fraction of sp³-hybridized carbons (Fsp3) is 0.643. The Labute approximate surface area is 104 Å². The number of carbonyl (C=O) groups excluding carboxylic acids is 1. The van der Waals surface area contributed by atoms with Gasteiger partial charge in [0, 0.05) is 18.8 Å². The number of aryl methyl sites for hydroxylation is 1. The van der Waals surface area contributed by atoms with E-state index in [-0.39, 0.29) is 5.78 Å². The number of unbranched alkanes of at least 4 members (excludes halogenated alkanes) is 5. The zero-order valence-corrected chi connectivity index (χ0v) is 10.9. The van der Waals surface area contributed by atoms with Crippen LogP contribution in [0.4, 0.5) is 0 Å². The first-order valence-electron chi connectivity index (χ1n) is 6.56. The molecule has 3 heteroatoms. The van der Waals surface area contributed by atoms with Crippen LogP contribution >= 0.6 is 0 Å². The highest BCUT2D eigenvalue weighted by atomic mass is 16.1. The summed E-state index contributed by atoms with van der Waals surface area (Å²) in [6.45, 7) is 4.13. The van der Waals surface area contributed by atoms with Crippen molar-refractivity contribution in [2.45, 2.75) is 58.8 Å². The fourth-order valence-corrected chi connectivity index (χ4v) is 1.71. The third-order valence-electron chi connectivity index (χ3n) is 2.79. The van der Waals surface area contributed by atoms with Crippen molar-refractivity contribution in [3.8, 4) is 0 Å². The smallest absolute Gasteiger partial charge is 0.200 e. The molecule has 0 bridgehead atoms. The number of hydrogen-bond acceptors (Lipinski definition) is 3. The highest BCUT2D eigenvalue weighted by Crippen LogP contribution is 2.08. The van der Waals surface area contributed by atoms with Gasteiger partial charge in [-0.2, -0.15) is 0 Å². The molecule has 0 aliphatic heterocycles. The molecule has 94 valence electrons. The van der Waals surface area contributed by atoms with Crippen molar-refractivity contribution in [1.29, 1.82) is 0 Å². The van der Waals surface area contributed by atoms with E-state index in [0.29, 0.717) is 12.2 Å². The molecule has 1 aromatic rings. The van der Waals surface area contributed by atoms with Crippen molar-refractivity contribution in [3.05, 3.63) is 23.8 Å². The van der Waals surface area contributed by atoms with Gasteiger partial charge in [-0.1, -0.05) is 39.0 Å². The van der Waals surface area contributed by atoms with E-state index in [2.05, 4.69) is 16.9 Å². The predicted octanol–water partition coefficient (Wildman–Crippen LogP) is 3.72. The fourth-order valence-electron chi connectivity index (χ4n) is 1.71. The Hall–Kier alpha value is -1.25. The molecule has 1 rings (SSSR count). The van der Waals surface area contributed by atoms with Gasteiger partial charge in [0.05, 0.1) is 0 Å². The van der Waals surface area contributed by atoms with Gasteiger partial charge in [-0.15, -0.1) is 0 Å². The van der Waals surface area contributed by atoms with Crippen molar-refractivity contribution >= 4 is 5.78 Å². The zero-order valence-electron chi connectivity index (χ0n) is 10.9. The van der Waals surface area contributed by atoms with Gasteiger partial charge in [0.2, 0.25) is 0 Å². The van der Waals surface area contributed by atoms with E-state index in [1.807, 2.05) is 6.92 Å². The largest absolute Gasteiger partial charge is 0.291 e. The second kappa shape index (κ2) is 7.93. The molecule has 1 aromatic heterocycles. The normalized spacial score (nSPS) is 10.5. The summed E-state index contributed by atoms with van der Waals surface area (Å²) in [7, 11) is 0. The maximum atomic E-state index is 11.7. The molecule has 0 spiro atoms. The van der Waals surface area contributed by atoms with Crippen LogP contribution in [0.2, 0.25) is 0 Å². The van der Waals surface area contributed by atoms with Crippen LogP contribution in [-0.2, 0) is 0 Å². The maximum absolute atomic E-state index is 11.7. The van der Waals surface area contributed by atoms with Crippen molar-refractivity contribution < 1.29 is 4.79 Å². The Bertz CT molecular complexity index is 333. The number of nitrogens with zero attached hydrogens (tertiary/aromatic N) is 2. The van der Waals surface area contributed by atoms with Crippen molar-refractivity contribution in [2.75, 3.05) is 0 Å². The standard InChI is InChI=1S/C14H22N2O/c1-3-4-5-6-7-8-9-13(17)14-15-10-12(2)11-16-14/h10-11H,3-9H2,1-2H3. The predicted molar refractivity (Wildman–Crippen MR) is 69.1 cm³/mol. The molecule has 0 N–H and O–H groups in total. The molecule has 0 saturated carbocycles. The van der Waals surface area contributed by atoms with Crippen LogP contribution in [0.5, 0.6) is 0 Å². The van der Waals surface area contributed by atoms with Gasteiger partial charge < -0.3 is 0 Å². The lowest BCUT2D eigenvalue weighted by atomic mass is 10.1.